The van der Waals surface area contributed by atoms with Gasteiger partial charge in [-0.15, -0.1) is 5.10 Å². The van der Waals surface area contributed by atoms with Crippen LogP contribution in [0.15, 0.2) is 48.9 Å². The molecule has 34 heavy (non-hydrogen) atoms. The first-order valence-electron chi connectivity index (χ1n) is 11.5. The first kappa shape index (κ1) is 22.2. The molecular formula is C23H26N8O2S. The Balaban J connectivity index is 1.24. The molecule has 1 N–H and O–H groups in total. The van der Waals surface area contributed by atoms with Gasteiger partial charge in [0.05, 0.1) is 6.04 Å². The molecule has 0 aliphatic carbocycles. The molecule has 0 bridgehead atoms. The lowest BCUT2D eigenvalue weighted by atomic mass is 9.97. The number of hydrogen-bond donors (Lipinski definition) is 1. The third kappa shape index (κ3) is 4.69. The molecule has 11 heteroatoms. The Morgan fingerprint density at radius 3 is 2.65 bits per heavy atom. The summed E-state index contributed by atoms with van der Waals surface area (Å²) in [6.45, 7) is 3.12. The number of urea groups is 1. The normalized spacial score (nSPS) is 18.6. The molecule has 1 atom stereocenters. The molecular weight excluding hydrogens is 452 g/mol. The van der Waals surface area contributed by atoms with Gasteiger partial charge in [-0.05, 0) is 43.0 Å². The predicted molar refractivity (Wildman–Crippen MR) is 129 cm³/mol. The molecule has 176 valence electrons. The van der Waals surface area contributed by atoms with E-state index in [1.165, 1.54) is 0 Å². The highest BCUT2D eigenvalue weighted by molar-refractivity contribution is 7.10. The van der Waals surface area contributed by atoms with Gasteiger partial charge in [0.25, 0.3) is 5.91 Å². The Labute approximate surface area is 201 Å². The number of piperidine rings is 1. The van der Waals surface area contributed by atoms with E-state index >= 15 is 0 Å². The fourth-order valence-electron chi connectivity index (χ4n) is 4.51. The summed E-state index contributed by atoms with van der Waals surface area (Å²) in [6, 6.07) is 9.41. The molecule has 0 aromatic carbocycles. The van der Waals surface area contributed by atoms with Crippen LogP contribution in [0, 0.1) is 0 Å². The number of piperazine rings is 1. The fraction of sp³-hybridized carbons (Fsp3) is 0.391. The number of rotatable bonds is 4. The molecule has 1 unspecified atom stereocenters. The van der Waals surface area contributed by atoms with Crippen molar-refractivity contribution in [2.45, 2.75) is 25.3 Å². The van der Waals surface area contributed by atoms with Gasteiger partial charge >= 0.3 is 6.03 Å². The number of amides is 3. The summed E-state index contributed by atoms with van der Waals surface area (Å²) in [5.41, 5.74) is 1.21. The molecule has 2 fully saturated rings. The Hall–Kier alpha value is -3.60. The highest BCUT2D eigenvalue weighted by atomic mass is 32.1. The van der Waals surface area contributed by atoms with Gasteiger partial charge in [0.1, 0.15) is 5.82 Å². The van der Waals surface area contributed by atoms with Crippen LogP contribution in [0.2, 0.25) is 0 Å². The summed E-state index contributed by atoms with van der Waals surface area (Å²) in [5.74, 6) is 0.690. The Bertz CT molecular complexity index is 1120. The van der Waals surface area contributed by atoms with Crippen molar-refractivity contribution in [3.63, 3.8) is 0 Å². The summed E-state index contributed by atoms with van der Waals surface area (Å²) in [6.07, 6.45) is 8.19. The fourth-order valence-corrected chi connectivity index (χ4v) is 5.06. The van der Waals surface area contributed by atoms with E-state index < -0.39 is 0 Å². The number of likely N-dealkylation sites (tertiary alicyclic amines) is 1. The van der Waals surface area contributed by atoms with Gasteiger partial charge in [-0.25, -0.2) is 9.78 Å². The Kier molecular flexibility index (Phi) is 6.61. The number of carbonyl (C=O) groups excluding carboxylic acids is 2. The third-order valence-corrected chi connectivity index (χ3v) is 6.93. The summed E-state index contributed by atoms with van der Waals surface area (Å²) in [4.78, 5) is 40.7. The second-order valence-electron chi connectivity index (χ2n) is 8.34. The molecule has 3 aromatic rings. The summed E-state index contributed by atoms with van der Waals surface area (Å²) >= 11 is 1.03. The van der Waals surface area contributed by atoms with Crippen molar-refractivity contribution in [3.05, 3.63) is 60.2 Å². The van der Waals surface area contributed by atoms with Crippen molar-refractivity contribution in [2.75, 3.05) is 42.9 Å². The first-order valence-corrected chi connectivity index (χ1v) is 12.2. The SMILES string of the molecule is O=C(c1nnsc1NC(=O)N1CCCCC1c1cccnc1)N1CCN(c2ccccn2)CC1. The maximum absolute atomic E-state index is 13.2. The van der Waals surface area contributed by atoms with Crippen LogP contribution in [0.3, 0.4) is 0 Å². The van der Waals surface area contributed by atoms with Crippen LogP contribution in [0.25, 0.3) is 0 Å². The molecule has 2 saturated heterocycles. The van der Waals surface area contributed by atoms with Crippen LogP contribution < -0.4 is 10.2 Å². The molecule has 0 radical (unpaired) electrons. The number of pyridine rings is 2. The zero-order valence-corrected chi connectivity index (χ0v) is 19.5. The molecule has 5 rings (SSSR count). The van der Waals surface area contributed by atoms with E-state index in [9.17, 15) is 9.59 Å². The van der Waals surface area contributed by atoms with Gasteiger partial charge in [-0.3, -0.25) is 15.1 Å². The second kappa shape index (κ2) is 10.1. The minimum absolute atomic E-state index is 0.0397. The van der Waals surface area contributed by atoms with Crippen molar-refractivity contribution in [1.29, 1.82) is 0 Å². The summed E-state index contributed by atoms with van der Waals surface area (Å²) in [5, 5.41) is 7.35. The van der Waals surface area contributed by atoms with Crippen LogP contribution >= 0.6 is 11.5 Å². The van der Waals surface area contributed by atoms with E-state index in [0.29, 0.717) is 37.7 Å². The zero-order valence-electron chi connectivity index (χ0n) is 18.7. The first-order chi connectivity index (χ1) is 16.7. The van der Waals surface area contributed by atoms with Crippen LogP contribution in [0.5, 0.6) is 0 Å². The van der Waals surface area contributed by atoms with Crippen molar-refractivity contribution < 1.29 is 9.59 Å². The maximum Gasteiger partial charge on any atom is 0.323 e. The third-order valence-electron chi connectivity index (χ3n) is 6.28. The number of aromatic nitrogens is 4. The van der Waals surface area contributed by atoms with E-state index in [-0.39, 0.29) is 23.7 Å². The lowest BCUT2D eigenvalue weighted by molar-refractivity contribution is 0.0741. The van der Waals surface area contributed by atoms with E-state index in [1.807, 2.05) is 41.4 Å². The van der Waals surface area contributed by atoms with Gasteiger partial charge < -0.3 is 14.7 Å². The van der Waals surface area contributed by atoms with Crippen LogP contribution in [-0.4, -0.2) is 74.0 Å². The van der Waals surface area contributed by atoms with Gasteiger partial charge in [-0.2, -0.15) is 0 Å². The number of nitrogens with zero attached hydrogens (tertiary/aromatic N) is 7. The van der Waals surface area contributed by atoms with E-state index in [4.69, 9.17) is 0 Å². The predicted octanol–water partition coefficient (Wildman–Crippen LogP) is 3.05. The standard InChI is InChI=1S/C23H26N8O2S/c32-22(30-14-12-29(13-15-30)19-8-1-3-10-25-19)20-21(34-28-27-20)26-23(33)31-11-4-2-7-18(31)17-6-5-9-24-16-17/h1,3,5-6,8-10,16,18H,2,4,7,11-15H2,(H,26,33). The number of anilines is 2. The van der Waals surface area contributed by atoms with Crippen LogP contribution in [0.4, 0.5) is 15.6 Å². The largest absolute Gasteiger partial charge is 0.353 e. The van der Waals surface area contributed by atoms with Crippen LogP contribution in [0.1, 0.15) is 41.4 Å². The van der Waals surface area contributed by atoms with Gasteiger partial charge in [-0.1, -0.05) is 16.6 Å². The van der Waals surface area contributed by atoms with Crippen molar-refractivity contribution in [1.82, 2.24) is 29.4 Å². The summed E-state index contributed by atoms with van der Waals surface area (Å²) < 4.78 is 3.96. The lowest BCUT2D eigenvalue weighted by Gasteiger charge is -2.36. The van der Waals surface area contributed by atoms with E-state index in [2.05, 4.69) is 29.8 Å². The van der Waals surface area contributed by atoms with Crippen molar-refractivity contribution in [2.24, 2.45) is 0 Å². The highest BCUT2D eigenvalue weighted by Gasteiger charge is 2.31. The van der Waals surface area contributed by atoms with E-state index in [1.54, 1.807) is 17.3 Å². The van der Waals surface area contributed by atoms with Gasteiger partial charge in [0, 0.05) is 62.8 Å². The zero-order chi connectivity index (χ0) is 23.3. The lowest BCUT2D eigenvalue weighted by Crippen LogP contribution is -2.49. The molecule has 3 aromatic heterocycles. The maximum atomic E-state index is 13.2. The quantitative estimate of drug-likeness (QED) is 0.614. The van der Waals surface area contributed by atoms with Gasteiger partial charge in [0.15, 0.2) is 10.7 Å². The second-order valence-corrected chi connectivity index (χ2v) is 9.09. The van der Waals surface area contributed by atoms with Gasteiger partial charge in [0.2, 0.25) is 0 Å². The molecule has 10 nitrogen and oxygen atoms in total. The topological polar surface area (TPSA) is 107 Å². The average molecular weight is 479 g/mol. The van der Waals surface area contributed by atoms with Crippen LogP contribution in [-0.2, 0) is 0 Å². The average Bonchev–Trinajstić information content (AvgIpc) is 3.37. The Morgan fingerprint density at radius 1 is 1.00 bits per heavy atom. The van der Waals surface area contributed by atoms with Crippen molar-refractivity contribution >= 4 is 34.3 Å². The monoisotopic (exact) mass is 478 g/mol. The number of nitrogens with one attached hydrogen (secondary N) is 1. The molecule has 2 aliphatic heterocycles. The number of carbonyl (C=O) groups is 2. The summed E-state index contributed by atoms with van der Waals surface area (Å²) in [7, 11) is 0. The smallest absolute Gasteiger partial charge is 0.323 e. The molecule has 0 spiro atoms. The molecule has 0 saturated carbocycles. The minimum atomic E-state index is -0.242. The minimum Gasteiger partial charge on any atom is -0.353 e. The molecule has 5 heterocycles. The van der Waals surface area contributed by atoms with E-state index in [0.717, 1.165) is 42.2 Å². The number of hydrogen-bond acceptors (Lipinski definition) is 8. The highest BCUT2D eigenvalue weighted by Crippen LogP contribution is 2.31. The Morgan fingerprint density at radius 2 is 1.88 bits per heavy atom. The molecule has 3 amide bonds. The molecule has 2 aliphatic rings. The van der Waals surface area contributed by atoms with Crippen molar-refractivity contribution in [3.8, 4) is 0 Å².